The molecule has 2 rings (SSSR count). The molecule has 0 aromatic heterocycles. The van der Waals surface area contributed by atoms with E-state index in [9.17, 15) is 9.90 Å². The first kappa shape index (κ1) is 14.3. The minimum absolute atomic E-state index is 0.192. The lowest BCUT2D eigenvalue weighted by molar-refractivity contribution is -0.141. The molecular weight excluding hydrogens is 256 g/mol. The molecule has 4 nitrogen and oxygen atoms in total. The fourth-order valence-corrected chi connectivity index (χ4v) is 2.28. The quantitative estimate of drug-likeness (QED) is 0.852. The molecule has 1 atom stereocenters. The summed E-state index contributed by atoms with van der Waals surface area (Å²) in [7, 11) is 2.96. The zero-order chi connectivity index (χ0) is 14.5. The number of hydrogen-bond donors (Lipinski definition) is 1. The number of carbonyl (C=O) groups is 1. The van der Waals surface area contributed by atoms with E-state index < -0.39 is 6.10 Å². The van der Waals surface area contributed by atoms with E-state index in [0.29, 0.717) is 6.42 Å². The van der Waals surface area contributed by atoms with Gasteiger partial charge in [0.05, 0.1) is 20.3 Å². The average Bonchev–Trinajstić information content (AvgIpc) is 2.51. The van der Waals surface area contributed by atoms with Gasteiger partial charge < -0.3 is 14.6 Å². The van der Waals surface area contributed by atoms with Crippen LogP contribution in [0.25, 0.3) is 10.8 Å². The number of rotatable bonds is 5. The fourth-order valence-electron chi connectivity index (χ4n) is 2.28. The van der Waals surface area contributed by atoms with Crippen molar-refractivity contribution < 1.29 is 19.4 Å². The lowest BCUT2D eigenvalue weighted by Crippen LogP contribution is -2.05. The Morgan fingerprint density at radius 3 is 2.50 bits per heavy atom. The third-order valence-corrected chi connectivity index (χ3v) is 3.35. The van der Waals surface area contributed by atoms with Gasteiger partial charge in [0, 0.05) is 11.8 Å². The normalized spacial score (nSPS) is 12.2. The fraction of sp³-hybridized carbons (Fsp3) is 0.312. The van der Waals surface area contributed by atoms with Crippen LogP contribution in [0.2, 0.25) is 0 Å². The summed E-state index contributed by atoms with van der Waals surface area (Å²) >= 11 is 0. The summed E-state index contributed by atoms with van der Waals surface area (Å²) in [6.45, 7) is 0. The summed E-state index contributed by atoms with van der Waals surface area (Å²) in [5.41, 5.74) is 0.797. The molecule has 106 valence electrons. The Morgan fingerprint density at radius 2 is 1.85 bits per heavy atom. The lowest BCUT2D eigenvalue weighted by atomic mass is 9.97. The second kappa shape index (κ2) is 6.39. The van der Waals surface area contributed by atoms with Gasteiger partial charge in [0.1, 0.15) is 5.75 Å². The minimum atomic E-state index is -0.704. The van der Waals surface area contributed by atoms with Crippen LogP contribution in [0.5, 0.6) is 5.75 Å². The molecule has 0 fully saturated rings. The molecule has 0 saturated carbocycles. The average molecular weight is 274 g/mol. The molecular formula is C16H18O4. The van der Waals surface area contributed by atoms with Crippen molar-refractivity contribution in [2.75, 3.05) is 14.2 Å². The van der Waals surface area contributed by atoms with Gasteiger partial charge in [-0.25, -0.2) is 0 Å². The van der Waals surface area contributed by atoms with Gasteiger partial charge in [0.15, 0.2) is 0 Å². The molecule has 0 heterocycles. The second-order valence-electron chi connectivity index (χ2n) is 4.53. The van der Waals surface area contributed by atoms with E-state index in [2.05, 4.69) is 4.74 Å². The first-order valence-electron chi connectivity index (χ1n) is 6.48. The highest BCUT2D eigenvalue weighted by molar-refractivity contribution is 5.91. The molecule has 0 radical (unpaired) electrons. The molecule has 0 amide bonds. The number of methoxy groups -OCH3 is 2. The van der Waals surface area contributed by atoms with Crippen molar-refractivity contribution >= 4 is 16.7 Å². The van der Waals surface area contributed by atoms with E-state index in [1.165, 1.54) is 7.11 Å². The van der Waals surface area contributed by atoms with Gasteiger partial charge in [0.2, 0.25) is 0 Å². The monoisotopic (exact) mass is 274 g/mol. The Kier molecular flexibility index (Phi) is 4.58. The zero-order valence-corrected chi connectivity index (χ0v) is 11.6. The van der Waals surface area contributed by atoms with Crippen molar-refractivity contribution in [1.29, 1.82) is 0 Å². The Labute approximate surface area is 117 Å². The zero-order valence-electron chi connectivity index (χ0n) is 11.6. The number of fused-ring (bicyclic) bond motifs is 1. The summed E-state index contributed by atoms with van der Waals surface area (Å²) < 4.78 is 9.91. The standard InChI is InChI=1S/C16H18O4/c1-19-15-9-7-12(11-5-3-4-6-13(11)15)14(17)8-10-16(18)20-2/h3-7,9,14,17H,8,10H2,1-2H3. The highest BCUT2D eigenvalue weighted by atomic mass is 16.5. The SMILES string of the molecule is COC(=O)CCC(O)c1ccc(OC)c2ccccc12. The molecule has 0 saturated heterocycles. The molecule has 0 aliphatic heterocycles. The van der Waals surface area contributed by atoms with Crippen LogP contribution in [0.15, 0.2) is 36.4 Å². The summed E-state index contributed by atoms with van der Waals surface area (Å²) in [4.78, 5) is 11.2. The van der Waals surface area contributed by atoms with Gasteiger partial charge in [-0.2, -0.15) is 0 Å². The Hall–Kier alpha value is -2.07. The minimum Gasteiger partial charge on any atom is -0.496 e. The van der Waals surface area contributed by atoms with E-state index in [4.69, 9.17) is 4.74 Å². The second-order valence-corrected chi connectivity index (χ2v) is 4.53. The topological polar surface area (TPSA) is 55.8 Å². The van der Waals surface area contributed by atoms with Crippen LogP contribution in [0, 0.1) is 0 Å². The summed E-state index contributed by atoms with van der Waals surface area (Å²) in [5, 5.41) is 12.2. The highest BCUT2D eigenvalue weighted by Crippen LogP contribution is 2.32. The number of aliphatic hydroxyl groups is 1. The van der Waals surface area contributed by atoms with Crippen molar-refractivity contribution in [3.05, 3.63) is 42.0 Å². The predicted molar refractivity (Wildman–Crippen MR) is 76.7 cm³/mol. The molecule has 2 aromatic carbocycles. The van der Waals surface area contributed by atoms with Crippen molar-refractivity contribution in [3.8, 4) is 5.75 Å². The number of ether oxygens (including phenoxy) is 2. The maximum Gasteiger partial charge on any atom is 0.305 e. The van der Waals surface area contributed by atoms with Crippen LogP contribution in [-0.4, -0.2) is 25.3 Å². The molecule has 1 unspecified atom stereocenters. The van der Waals surface area contributed by atoms with Crippen molar-refractivity contribution in [2.45, 2.75) is 18.9 Å². The smallest absolute Gasteiger partial charge is 0.305 e. The van der Waals surface area contributed by atoms with Gasteiger partial charge in [-0.3, -0.25) is 4.79 Å². The van der Waals surface area contributed by atoms with Gasteiger partial charge in [-0.1, -0.05) is 30.3 Å². The van der Waals surface area contributed by atoms with Gasteiger partial charge in [-0.15, -0.1) is 0 Å². The number of aliphatic hydroxyl groups excluding tert-OH is 1. The van der Waals surface area contributed by atoms with Crippen molar-refractivity contribution in [1.82, 2.24) is 0 Å². The van der Waals surface area contributed by atoms with E-state index in [0.717, 1.165) is 22.1 Å². The van der Waals surface area contributed by atoms with Gasteiger partial charge in [0.25, 0.3) is 0 Å². The Morgan fingerprint density at radius 1 is 1.15 bits per heavy atom. The van der Waals surface area contributed by atoms with E-state index in [1.807, 2.05) is 36.4 Å². The number of esters is 1. The third-order valence-electron chi connectivity index (χ3n) is 3.35. The van der Waals surface area contributed by atoms with E-state index >= 15 is 0 Å². The number of carbonyl (C=O) groups excluding carboxylic acids is 1. The van der Waals surface area contributed by atoms with E-state index in [1.54, 1.807) is 7.11 Å². The van der Waals surface area contributed by atoms with Crippen LogP contribution in [-0.2, 0) is 9.53 Å². The van der Waals surface area contributed by atoms with Gasteiger partial charge in [-0.05, 0) is 23.4 Å². The number of benzene rings is 2. The highest BCUT2D eigenvalue weighted by Gasteiger charge is 2.15. The van der Waals surface area contributed by atoms with Gasteiger partial charge >= 0.3 is 5.97 Å². The van der Waals surface area contributed by atoms with Crippen LogP contribution in [0.3, 0.4) is 0 Å². The van der Waals surface area contributed by atoms with Crippen molar-refractivity contribution in [3.63, 3.8) is 0 Å². The largest absolute Gasteiger partial charge is 0.496 e. The summed E-state index contributed by atoms with van der Waals surface area (Å²) in [5.74, 6) is 0.450. The molecule has 4 heteroatoms. The Balaban J connectivity index is 2.32. The van der Waals surface area contributed by atoms with Crippen LogP contribution < -0.4 is 4.74 Å². The van der Waals surface area contributed by atoms with Crippen LogP contribution in [0.4, 0.5) is 0 Å². The molecule has 2 aromatic rings. The molecule has 0 aliphatic carbocycles. The molecule has 0 aliphatic rings. The maximum absolute atomic E-state index is 11.2. The maximum atomic E-state index is 11.2. The van der Waals surface area contributed by atoms with Crippen LogP contribution >= 0.6 is 0 Å². The van der Waals surface area contributed by atoms with E-state index in [-0.39, 0.29) is 12.4 Å². The van der Waals surface area contributed by atoms with Crippen LogP contribution in [0.1, 0.15) is 24.5 Å². The summed E-state index contributed by atoms with van der Waals surface area (Å²) in [6, 6.07) is 11.4. The molecule has 20 heavy (non-hydrogen) atoms. The number of hydrogen-bond acceptors (Lipinski definition) is 4. The first-order valence-corrected chi connectivity index (χ1v) is 6.48. The lowest BCUT2D eigenvalue weighted by Gasteiger charge is -2.15. The first-order chi connectivity index (χ1) is 9.67. The third kappa shape index (κ3) is 2.91. The van der Waals surface area contributed by atoms with Crippen molar-refractivity contribution in [2.24, 2.45) is 0 Å². The predicted octanol–water partition coefficient (Wildman–Crippen LogP) is 2.84. The summed E-state index contributed by atoms with van der Waals surface area (Å²) in [6.07, 6.45) is -0.175. The Bertz CT molecular complexity index is 606. The molecule has 1 N–H and O–H groups in total. The molecule has 0 spiro atoms. The molecule has 0 bridgehead atoms.